The summed E-state index contributed by atoms with van der Waals surface area (Å²) in [5, 5.41) is 3.44. The Kier molecular flexibility index (Phi) is 7.49. The molecule has 0 saturated carbocycles. The summed E-state index contributed by atoms with van der Waals surface area (Å²) in [6.07, 6.45) is 3.41. The van der Waals surface area contributed by atoms with Crippen molar-refractivity contribution in [1.82, 2.24) is 15.1 Å². The van der Waals surface area contributed by atoms with Gasteiger partial charge in [-0.05, 0) is 37.3 Å². The number of ether oxygens (including phenoxy) is 1. The summed E-state index contributed by atoms with van der Waals surface area (Å²) in [5.41, 5.74) is 2.32. The third-order valence-electron chi connectivity index (χ3n) is 5.64. The number of carbonyl (C=O) groups excluding carboxylic acids is 2. The zero-order chi connectivity index (χ0) is 20.6. The van der Waals surface area contributed by atoms with Crippen LogP contribution < -0.4 is 5.32 Å². The Morgan fingerprint density at radius 3 is 2.72 bits per heavy atom. The number of aliphatic imine (C=N–C) groups is 1. The molecule has 158 valence electrons. The van der Waals surface area contributed by atoms with Crippen molar-refractivity contribution in [3.05, 3.63) is 35.4 Å². The van der Waals surface area contributed by atoms with Crippen LogP contribution in [0.5, 0.6) is 0 Å². The molecule has 1 atom stereocenters. The van der Waals surface area contributed by atoms with Gasteiger partial charge < -0.3 is 19.9 Å². The molecule has 2 aliphatic heterocycles. The van der Waals surface area contributed by atoms with E-state index in [0.29, 0.717) is 32.7 Å². The quantitative estimate of drug-likeness (QED) is 0.450. The predicted molar refractivity (Wildman–Crippen MR) is 112 cm³/mol. The Bertz CT molecular complexity index is 749. The van der Waals surface area contributed by atoms with Gasteiger partial charge in [-0.1, -0.05) is 24.3 Å². The molecule has 1 amide bonds. The van der Waals surface area contributed by atoms with E-state index in [4.69, 9.17) is 4.74 Å². The highest BCUT2D eigenvalue weighted by atomic mass is 16.5. The van der Waals surface area contributed by atoms with E-state index in [0.717, 1.165) is 49.4 Å². The van der Waals surface area contributed by atoms with Crippen LogP contribution in [-0.4, -0.2) is 60.9 Å². The van der Waals surface area contributed by atoms with Gasteiger partial charge in [-0.15, -0.1) is 0 Å². The lowest BCUT2D eigenvalue weighted by Crippen LogP contribution is -2.48. The van der Waals surface area contributed by atoms with Gasteiger partial charge in [-0.3, -0.25) is 14.6 Å². The summed E-state index contributed by atoms with van der Waals surface area (Å²) < 4.78 is 5.20. The Balaban J connectivity index is 1.61. The number of nitrogens with one attached hydrogen (secondary N) is 1. The number of esters is 1. The lowest BCUT2D eigenvalue weighted by molar-refractivity contribution is -0.149. The van der Waals surface area contributed by atoms with Gasteiger partial charge in [0.05, 0.1) is 12.5 Å². The average Bonchev–Trinajstić information content (AvgIpc) is 3.14. The number of likely N-dealkylation sites (tertiary alicyclic amines) is 2. The van der Waals surface area contributed by atoms with Gasteiger partial charge >= 0.3 is 5.97 Å². The second-order valence-electron chi connectivity index (χ2n) is 7.63. The number of carbonyl (C=O) groups is 2. The summed E-state index contributed by atoms with van der Waals surface area (Å²) in [7, 11) is 1.77. The normalized spacial score (nSPS) is 20.1. The monoisotopic (exact) mass is 400 g/mol. The number of hydrogen-bond acceptors (Lipinski definition) is 4. The molecule has 0 aromatic heterocycles. The molecule has 2 saturated heterocycles. The van der Waals surface area contributed by atoms with Crippen LogP contribution in [0.2, 0.25) is 0 Å². The maximum Gasteiger partial charge on any atom is 0.310 e. The van der Waals surface area contributed by atoms with Crippen molar-refractivity contribution in [2.75, 3.05) is 33.3 Å². The lowest BCUT2D eigenvalue weighted by Gasteiger charge is -2.34. The summed E-state index contributed by atoms with van der Waals surface area (Å²) in [5.74, 6) is 0.817. The smallest absolute Gasteiger partial charge is 0.310 e. The summed E-state index contributed by atoms with van der Waals surface area (Å²) in [6.45, 7) is 5.88. The molecule has 1 N–H and O–H groups in total. The Morgan fingerprint density at radius 1 is 1.24 bits per heavy atom. The Morgan fingerprint density at radius 2 is 2.03 bits per heavy atom. The van der Waals surface area contributed by atoms with Crippen LogP contribution in [0.3, 0.4) is 0 Å². The molecular weight excluding hydrogens is 368 g/mol. The van der Waals surface area contributed by atoms with Crippen molar-refractivity contribution >= 4 is 17.8 Å². The number of rotatable bonds is 6. The van der Waals surface area contributed by atoms with E-state index in [9.17, 15) is 9.59 Å². The van der Waals surface area contributed by atoms with Crippen molar-refractivity contribution in [3.8, 4) is 0 Å². The van der Waals surface area contributed by atoms with Crippen LogP contribution in [0.25, 0.3) is 0 Å². The largest absolute Gasteiger partial charge is 0.466 e. The predicted octanol–water partition coefficient (Wildman–Crippen LogP) is 2.16. The maximum absolute atomic E-state index is 12.1. The van der Waals surface area contributed by atoms with Crippen LogP contribution in [0.4, 0.5) is 0 Å². The van der Waals surface area contributed by atoms with Crippen molar-refractivity contribution in [2.45, 2.75) is 45.7 Å². The first-order valence-electron chi connectivity index (χ1n) is 10.6. The molecule has 3 rings (SSSR count). The number of guanidine groups is 1. The van der Waals surface area contributed by atoms with E-state index < -0.39 is 0 Å². The second-order valence-corrected chi connectivity index (χ2v) is 7.63. The highest BCUT2D eigenvalue weighted by Crippen LogP contribution is 2.19. The summed E-state index contributed by atoms with van der Waals surface area (Å²) in [4.78, 5) is 32.6. The molecule has 2 fully saturated rings. The molecule has 0 spiro atoms. The molecule has 7 heteroatoms. The number of nitrogens with zero attached hydrogens (tertiary/aromatic N) is 3. The molecule has 0 radical (unpaired) electrons. The minimum atomic E-state index is -0.117. The van der Waals surface area contributed by atoms with Crippen molar-refractivity contribution in [3.63, 3.8) is 0 Å². The van der Waals surface area contributed by atoms with Gasteiger partial charge in [0.15, 0.2) is 5.96 Å². The fourth-order valence-corrected chi connectivity index (χ4v) is 4.09. The summed E-state index contributed by atoms with van der Waals surface area (Å²) >= 11 is 0. The average molecular weight is 401 g/mol. The van der Waals surface area contributed by atoms with Gasteiger partial charge in [0.1, 0.15) is 0 Å². The second kappa shape index (κ2) is 10.3. The standard InChI is InChI=1S/C22H32N4O3/c1-3-29-21(28)19-10-6-13-26(16-19)22(23-2)24-14-17-8-4-5-9-18(17)15-25-12-7-11-20(25)27/h4-5,8-9,19H,3,6-7,10-16H2,1-2H3,(H,23,24). The first kappa shape index (κ1) is 21.1. The van der Waals surface area contributed by atoms with Crippen molar-refractivity contribution < 1.29 is 14.3 Å². The van der Waals surface area contributed by atoms with Crippen molar-refractivity contribution in [1.29, 1.82) is 0 Å². The van der Waals surface area contributed by atoms with E-state index in [1.165, 1.54) is 0 Å². The minimum Gasteiger partial charge on any atom is -0.466 e. The SMILES string of the molecule is CCOC(=O)C1CCCN(C(=NC)NCc2ccccc2CN2CCCC2=O)C1. The first-order valence-corrected chi connectivity index (χ1v) is 10.6. The third-order valence-corrected chi connectivity index (χ3v) is 5.64. The van der Waals surface area contributed by atoms with Gasteiger partial charge in [0.2, 0.25) is 5.91 Å². The van der Waals surface area contributed by atoms with E-state index in [-0.39, 0.29) is 17.8 Å². The fourth-order valence-electron chi connectivity index (χ4n) is 4.09. The fraction of sp³-hybridized carbons (Fsp3) is 0.591. The van der Waals surface area contributed by atoms with Gasteiger partial charge in [-0.2, -0.15) is 0 Å². The molecule has 29 heavy (non-hydrogen) atoms. The first-order chi connectivity index (χ1) is 14.1. The topological polar surface area (TPSA) is 74.2 Å². The molecule has 1 unspecified atom stereocenters. The molecule has 2 aliphatic rings. The highest BCUT2D eigenvalue weighted by Gasteiger charge is 2.28. The number of hydrogen-bond donors (Lipinski definition) is 1. The third kappa shape index (κ3) is 5.49. The van der Waals surface area contributed by atoms with E-state index in [1.54, 1.807) is 7.05 Å². The lowest BCUT2D eigenvalue weighted by atomic mass is 9.98. The Labute approximate surface area is 173 Å². The van der Waals surface area contributed by atoms with E-state index in [2.05, 4.69) is 27.3 Å². The molecule has 2 heterocycles. The van der Waals surface area contributed by atoms with Crippen LogP contribution in [0.1, 0.15) is 43.7 Å². The minimum absolute atomic E-state index is 0.101. The van der Waals surface area contributed by atoms with E-state index in [1.807, 2.05) is 24.0 Å². The molecule has 0 aliphatic carbocycles. The van der Waals surface area contributed by atoms with Crippen molar-refractivity contribution in [2.24, 2.45) is 10.9 Å². The number of amides is 1. The molecule has 1 aromatic carbocycles. The van der Waals surface area contributed by atoms with Gasteiger partial charge in [-0.25, -0.2) is 0 Å². The molecule has 0 bridgehead atoms. The van der Waals surface area contributed by atoms with Crippen LogP contribution in [-0.2, 0) is 27.4 Å². The van der Waals surface area contributed by atoms with E-state index >= 15 is 0 Å². The zero-order valence-corrected chi connectivity index (χ0v) is 17.5. The summed E-state index contributed by atoms with van der Waals surface area (Å²) in [6, 6.07) is 8.21. The maximum atomic E-state index is 12.1. The van der Waals surface area contributed by atoms with Crippen LogP contribution >= 0.6 is 0 Å². The number of piperidine rings is 1. The Hall–Kier alpha value is -2.57. The molecule has 1 aromatic rings. The molecular formula is C22H32N4O3. The van der Waals surface area contributed by atoms with Gasteiger partial charge in [0, 0.05) is 46.2 Å². The van der Waals surface area contributed by atoms with Gasteiger partial charge in [0.25, 0.3) is 0 Å². The van der Waals surface area contributed by atoms with Crippen LogP contribution in [0.15, 0.2) is 29.3 Å². The number of benzene rings is 1. The zero-order valence-electron chi connectivity index (χ0n) is 17.5. The highest BCUT2D eigenvalue weighted by molar-refractivity contribution is 5.81. The van der Waals surface area contributed by atoms with Crippen LogP contribution in [0, 0.1) is 5.92 Å². The molecule has 7 nitrogen and oxygen atoms in total.